The van der Waals surface area contributed by atoms with Crippen LogP contribution in [0.2, 0.25) is 0 Å². The van der Waals surface area contributed by atoms with Gasteiger partial charge in [0.25, 0.3) is 0 Å². The number of fused-ring (bicyclic) bond motifs is 2. The van der Waals surface area contributed by atoms with Gasteiger partial charge in [-0.2, -0.15) is 0 Å². The highest BCUT2D eigenvalue weighted by Gasteiger charge is 2.31. The molecular formula is C34H35N7O5. The summed E-state index contributed by atoms with van der Waals surface area (Å²) in [6.45, 7) is 2.87. The second-order valence-corrected chi connectivity index (χ2v) is 11.9. The summed E-state index contributed by atoms with van der Waals surface area (Å²) in [6.07, 6.45) is 11.9. The number of carbonyl (C=O) groups excluding carboxylic acids is 3. The van der Waals surface area contributed by atoms with Crippen molar-refractivity contribution in [1.82, 2.24) is 19.9 Å². The molecule has 2 saturated heterocycles. The molecule has 0 bridgehead atoms. The minimum atomic E-state index is -0.449. The smallest absolute Gasteiger partial charge is 0.323 e. The van der Waals surface area contributed by atoms with E-state index >= 15 is 0 Å². The Morgan fingerprint density at radius 1 is 1.00 bits per heavy atom. The van der Waals surface area contributed by atoms with Crippen LogP contribution in [0, 0.1) is 5.92 Å². The average molecular weight is 622 g/mol. The number of nitrogens with one attached hydrogen (secondary N) is 3. The fourth-order valence-corrected chi connectivity index (χ4v) is 6.37. The van der Waals surface area contributed by atoms with Crippen molar-refractivity contribution in [2.24, 2.45) is 13.0 Å². The number of aryl methyl sites for hydroxylation is 1. The predicted octanol–water partition coefficient (Wildman–Crippen LogP) is 4.74. The van der Waals surface area contributed by atoms with Crippen LogP contribution in [0.1, 0.15) is 41.6 Å². The fourth-order valence-electron chi connectivity index (χ4n) is 6.37. The van der Waals surface area contributed by atoms with E-state index in [9.17, 15) is 14.4 Å². The number of hydrogen-bond donors (Lipinski definition) is 3. The Balaban J connectivity index is 1.07. The third-order valence-electron chi connectivity index (χ3n) is 8.77. The number of nitrogens with zero attached hydrogens (tertiary/aromatic N) is 4. The molecule has 3 aromatic heterocycles. The number of hydrogen-bond acceptors (Lipinski definition) is 8. The number of allylic oxidation sites excluding steroid dienone is 1. The van der Waals surface area contributed by atoms with Crippen molar-refractivity contribution in [3.63, 3.8) is 0 Å². The first kappa shape index (κ1) is 29.5. The summed E-state index contributed by atoms with van der Waals surface area (Å²) in [6, 6.07) is 10.2. The number of ether oxygens (including phenoxy) is 2. The minimum Gasteiger partial charge on any atom is -0.452 e. The summed E-state index contributed by atoms with van der Waals surface area (Å²) in [7, 11) is 1.93. The third-order valence-corrected chi connectivity index (χ3v) is 8.77. The Morgan fingerprint density at radius 3 is 2.59 bits per heavy atom. The van der Waals surface area contributed by atoms with Crippen LogP contribution >= 0.6 is 0 Å². The van der Waals surface area contributed by atoms with Crippen LogP contribution in [0.15, 0.2) is 66.9 Å². The molecule has 0 atom stereocenters. The van der Waals surface area contributed by atoms with Gasteiger partial charge in [-0.15, -0.1) is 0 Å². The molecule has 0 spiro atoms. The molecule has 12 heteroatoms. The number of pyridine rings is 2. The summed E-state index contributed by atoms with van der Waals surface area (Å²) in [5.41, 5.74) is 3.98. The molecule has 0 aliphatic carbocycles. The number of rotatable bonds is 6. The lowest BCUT2D eigenvalue weighted by molar-refractivity contribution is -0.126. The molecule has 46 heavy (non-hydrogen) atoms. The Labute approximate surface area is 265 Å². The maximum absolute atomic E-state index is 13.5. The predicted molar refractivity (Wildman–Crippen MR) is 174 cm³/mol. The maximum atomic E-state index is 13.5. The summed E-state index contributed by atoms with van der Waals surface area (Å²) in [4.78, 5) is 49.9. The van der Waals surface area contributed by atoms with Crippen LogP contribution in [0.3, 0.4) is 0 Å². The Hall–Kier alpha value is -5.23. The van der Waals surface area contributed by atoms with Crippen molar-refractivity contribution in [2.45, 2.75) is 31.7 Å². The molecule has 0 saturated carbocycles. The van der Waals surface area contributed by atoms with E-state index in [-0.39, 0.29) is 29.4 Å². The van der Waals surface area contributed by atoms with Gasteiger partial charge in [0, 0.05) is 86.2 Å². The molecule has 3 amide bonds. The van der Waals surface area contributed by atoms with Crippen LogP contribution in [-0.2, 0) is 16.6 Å². The van der Waals surface area contributed by atoms with Gasteiger partial charge in [-0.1, -0.05) is 0 Å². The zero-order chi connectivity index (χ0) is 31.6. The molecule has 2 fully saturated rings. The van der Waals surface area contributed by atoms with Gasteiger partial charge in [0.2, 0.25) is 11.7 Å². The highest BCUT2D eigenvalue weighted by Crippen LogP contribution is 2.37. The van der Waals surface area contributed by atoms with Gasteiger partial charge in [0.15, 0.2) is 5.76 Å². The zero-order valence-electron chi connectivity index (χ0n) is 25.5. The fraction of sp³-hybridized carbons (Fsp3) is 0.324. The number of amides is 3. The highest BCUT2D eigenvalue weighted by atomic mass is 16.5. The van der Waals surface area contributed by atoms with Gasteiger partial charge < -0.3 is 34.9 Å². The normalized spacial score (nSPS) is 18.0. The van der Waals surface area contributed by atoms with Crippen molar-refractivity contribution in [2.75, 3.05) is 41.8 Å². The Morgan fingerprint density at radius 2 is 1.80 bits per heavy atom. The number of urea groups is 1. The lowest BCUT2D eigenvalue weighted by Crippen LogP contribution is -2.45. The molecule has 0 unspecified atom stereocenters. The second kappa shape index (κ2) is 12.6. The standard InChI is InChI=1S/C34H35N7O5/c1-40-20-22(17-29-31(42)26-18-24(4-5-28(26)46-29)38-34(44)39-25-3-2-11-35-19-25)30-27(6-12-36-32(30)40)41-13-7-21(8-14-41)33(43)37-23-9-15-45-16-10-23/h2-6,11-12,17-21,23H,7-10,13-16H2,1H3,(H,37,43)(H2,38,39,44). The van der Waals surface area contributed by atoms with E-state index in [1.165, 1.54) is 0 Å². The van der Waals surface area contributed by atoms with Crippen LogP contribution in [0.5, 0.6) is 5.75 Å². The van der Waals surface area contributed by atoms with Crippen LogP contribution in [0.4, 0.5) is 21.9 Å². The van der Waals surface area contributed by atoms with Gasteiger partial charge >= 0.3 is 6.03 Å². The molecule has 236 valence electrons. The number of carbonyl (C=O) groups is 3. The topological polar surface area (TPSA) is 140 Å². The van der Waals surface area contributed by atoms with Crippen molar-refractivity contribution in [3.05, 3.63) is 78.1 Å². The quantitative estimate of drug-likeness (QED) is 0.263. The van der Waals surface area contributed by atoms with Crippen molar-refractivity contribution >= 4 is 51.9 Å². The van der Waals surface area contributed by atoms with E-state index in [2.05, 4.69) is 30.8 Å². The Bertz CT molecular complexity index is 1820. The number of piperidine rings is 1. The van der Waals surface area contributed by atoms with E-state index in [1.807, 2.05) is 23.9 Å². The second-order valence-electron chi connectivity index (χ2n) is 11.9. The molecule has 0 radical (unpaired) electrons. The summed E-state index contributed by atoms with van der Waals surface area (Å²) >= 11 is 0. The molecule has 3 aliphatic heterocycles. The molecule has 6 heterocycles. The minimum absolute atomic E-state index is 0.0161. The van der Waals surface area contributed by atoms with E-state index in [0.717, 1.165) is 61.1 Å². The average Bonchev–Trinajstić information content (AvgIpc) is 3.56. The molecule has 12 nitrogen and oxygen atoms in total. The first-order valence-corrected chi connectivity index (χ1v) is 15.6. The van der Waals surface area contributed by atoms with Crippen LogP contribution < -0.4 is 25.6 Å². The van der Waals surface area contributed by atoms with Gasteiger partial charge in [0.05, 0.1) is 17.4 Å². The largest absolute Gasteiger partial charge is 0.452 e. The van der Waals surface area contributed by atoms with Gasteiger partial charge in [0.1, 0.15) is 11.4 Å². The van der Waals surface area contributed by atoms with E-state index in [0.29, 0.717) is 35.9 Å². The molecule has 3 N–H and O–H groups in total. The molecule has 3 aliphatic rings. The van der Waals surface area contributed by atoms with E-state index < -0.39 is 6.03 Å². The maximum Gasteiger partial charge on any atom is 0.323 e. The number of Topliss-reactive ketones (excluding diaryl/α,β-unsaturated/α-hetero) is 1. The van der Waals surface area contributed by atoms with E-state index in [1.54, 1.807) is 55.0 Å². The summed E-state index contributed by atoms with van der Waals surface area (Å²) in [5.74, 6) is 0.468. The molecule has 4 aromatic rings. The first-order chi connectivity index (χ1) is 22.4. The number of ketones is 1. The Kier molecular flexibility index (Phi) is 8.10. The molecule has 7 rings (SSSR count). The van der Waals surface area contributed by atoms with Gasteiger partial charge in [-0.05, 0) is 68.2 Å². The van der Waals surface area contributed by atoms with Gasteiger partial charge in [-0.3, -0.25) is 14.6 Å². The summed E-state index contributed by atoms with van der Waals surface area (Å²) in [5, 5.41) is 9.61. The number of anilines is 3. The zero-order valence-corrected chi connectivity index (χ0v) is 25.5. The van der Waals surface area contributed by atoms with Crippen molar-refractivity contribution in [3.8, 4) is 5.75 Å². The van der Waals surface area contributed by atoms with E-state index in [4.69, 9.17) is 9.47 Å². The SMILES string of the molecule is Cn1cc(C=C2Oc3ccc(NC(=O)Nc4cccnc4)cc3C2=O)c2c(N3CCC(C(=O)NC4CCOCC4)CC3)ccnc21. The van der Waals surface area contributed by atoms with Crippen molar-refractivity contribution in [1.29, 1.82) is 0 Å². The molecule has 1 aromatic carbocycles. The highest BCUT2D eigenvalue weighted by molar-refractivity contribution is 6.16. The molecular weight excluding hydrogens is 586 g/mol. The first-order valence-electron chi connectivity index (χ1n) is 15.6. The van der Waals surface area contributed by atoms with Crippen LogP contribution in [0.25, 0.3) is 17.1 Å². The lowest BCUT2D eigenvalue weighted by atomic mass is 9.94. The van der Waals surface area contributed by atoms with Gasteiger partial charge in [-0.25, -0.2) is 9.78 Å². The van der Waals surface area contributed by atoms with Crippen molar-refractivity contribution < 1.29 is 23.9 Å². The number of benzene rings is 1. The number of aromatic nitrogens is 3. The monoisotopic (exact) mass is 621 g/mol. The lowest BCUT2D eigenvalue weighted by Gasteiger charge is -2.34. The summed E-state index contributed by atoms with van der Waals surface area (Å²) < 4.78 is 13.4. The van der Waals surface area contributed by atoms with Crippen LogP contribution in [-0.4, -0.2) is 64.6 Å². The third kappa shape index (κ3) is 6.03.